The van der Waals surface area contributed by atoms with E-state index in [1.807, 2.05) is 35.7 Å². The minimum atomic E-state index is -0.00309. The van der Waals surface area contributed by atoms with Crippen molar-refractivity contribution in [3.05, 3.63) is 47.4 Å². The maximum atomic E-state index is 12.9. The van der Waals surface area contributed by atoms with Crippen molar-refractivity contribution in [3.63, 3.8) is 0 Å². The third-order valence-corrected chi connectivity index (χ3v) is 5.96. The van der Waals surface area contributed by atoms with Crippen LogP contribution in [0.2, 0.25) is 0 Å². The van der Waals surface area contributed by atoms with Crippen molar-refractivity contribution in [2.75, 3.05) is 18.8 Å². The van der Waals surface area contributed by atoms with Gasteiger partial charge in [0.1, 0.15) is 12.1 Å². The number of unbranched alkanes of at least 4 members (excludes halogenated alkanes) is 1. The Morgan fingerprint density at radius 2 is 2.35 bits per heavy atom. The van der Waals surface area contributed by atoms with E-state index in [1.165, 1.54) is 12.8 Å². The Labute approximate surface area is 159 Å². The second-order valence-corrected chi connectivity index (χ2v) is 7.93. The van der Waals surface area contributed by atoms with E-state index in [4.69, 9.17) is 4.42 Å². The molecule has 5 nitrogen and oxygen atoms in total. The molecule has 1 amide bonds. The number of hydrogen-bond donors (Lipinski definition) is 0. The van der Waals surface area contributed by atoms with Gasteiger partial charge in [-0.15, -0.1) is 0 Å². The summed E-state index contributed by atoms with van der Waals surface area (Å²) >= 11 is 1.90. The van der Waals surface area contributed by atoms with Crippen LogP contribution >= 0.6 is 11.8 Å². The standard InChI is InChI=1S/C20H27N3O2S/c1-3-4-10-26-13-17-11-19(25-15(17)2)20(24)23-9-5-6-16(12-23)18-7-8-21-14-22-18/h7-8,11,14,16H,3-6,9-10,12-13H2,1-2H3/t16-/m1/s1. The van der Waals surface area contributed by atoms with Gasteiger partial charge in [0.25, 0.3) is 5.91 Å². The highest BCUT2D eigenvalue weighted by Gasteiger charge is 2.28. The summed E-state index contributed by atoms with van der Waals surface area (Å²) in [5.41, 5.74) is 2.15. The van der Waals surface area contributed by atoms with Crippen LogP contribution in [0.3, 0.4) is 0 Å². The molecular weight excluding hydrogens is 346 g/mol. The average Bonchev–Trinajstić information content (AvgIpc) is 3.06. The van der Waals surface area contributed by atoms with E-state index in [9.17, 15) is 4.79 Å². The molecule has 0 unspecified atom stereocenters. The van der Waals surface area contributed by atoms with Crippen LogP contribution in [0, 0.1) is 6.92 Å². The molecule has 0 aromatic carbocycles. The second-order valence-electron chi connectivity index (χ2n) is 6.82. The summed E-state index contributed by atoms with van der Waals surface area (Å²) in [6.45, 7) is 5.62. The molecule has 2 aromatic heterocycles. The molecule has 1 aliphatic rings. The summed E-state index contributed by atoms with van der Waals surface area (Å²) < 4.78 is 5.80. The highest BCUT2D eigenvalue weighted by Crippen LogP contribution is 2.27. The van der Waals surface area contributed by atoms with Gasteiger partial charge in [-0.3, -0.25) is 4.79 Å². The number of likely N-dealkylation sites (tertiary alicyclic amines) is 1. The number of aryl methyl sites for hydroxylation is 1. The predicted molar refractivity (Wildman–Crippen MR) is 104 cm³/mol. The van der Waals surface area contributed by atoms with Gasteiger partial charge in [-0.05, 0) is 44.1 Å². The van der Waals surface area contributed by atoms with Gasteiger partial charge in [0.2, 0.25) is 0 Å². The number of furan rings is 1. The van der Waals surface area contributed by atoms with Crippen molar-refractivity contribution in [2.45, 2.75) is 51.2 Å². The zero-order valence-electron chi connectivity index (χ0n) is 15.6. The minimum Gasteiger partial charge on any atom is -0.456 e. The van der Waals surface area contributed by atoms with Crippen molar-refractivity contribution in [1.82, 2.24) is 14.9 Å². The molecule has 1 aliphatic heterocycles. The first-order valence-electron chi connectivity index (χ1n) is 9.41. The van der Waals surface area contributed by atoms with Crippen molar-refractivity contribution < 1.29 is 9.21 Å². The summed E-state index contributed by atoms with van der Waals surface area (Å²) in [6, 6.07) is 3.88. The van der Waals surface area contributed by atoms with Crippen LogP contribution in [0.4, 0.5) is 0 Å². The van der Waals surface area contributed by atoms with E-state index in [1.54, 1.807) is 12.5 Å². The zero-order valence-corrected chi connectivity index (χ0v) is 16.4. The van der Waals surface area contributed by atoms with E-state index in [0.717, 1.165) is 47.9 Å². The molecule has 3 rings (SSSR count). The molecule has 0 N–H and O–H groups in total. The van der Waals surface area contributed by atoms with Crippen LogP contribution in [-0.4, -0.2) is 39.6 Å². The first-order chi connectivity index (χ1) is 12.7. The Kier molecular flexibility index (Phi) is 6.72. The van der Waals surface area contributed by atoms with Crippen molar-refractivity contribution in [2.24, 2.45) is 0 Å². The van der Waals surface area contributed by atoms with E-state index < -0.39 is 0 Å². The average molecular weight is 374 g/mol. The van der Waals surface area contributed by atoms with E-state index in [0.29, 0.717) is 12.3 Å². The molecule has 1 saturated heterocycles. The molecule has 0 aliphatic carbocycles. The number of nitrogens with zero attached hydrogens (tertiary/aromatic N) is 3. The smallest absolute Gasteiger partial charge is 0.289 e. The minimum absolute atomic E-state index is 0.00309. The lowest BCUT2D eigenvalue weighted by Crippen LogP contribution is -2.39. The molecular formula is C20H27N3O2S. The van der Waals surface area contributed by atoms with Gasteiger partial charge >= 0.3 is 0 Å². The second kappa shape index (κ2) is 9.21. The number of rotatable bonds is 7. The highest BCUT2D eigenvalue weighted by atomic mass is 32.2. The van der Waals surface area contributed by atoms with E-state index in [2.05, 4.69) is 16.9 Å². The summed E-state index contributed by atoms with van der Waals surface area (Å²) in [5.74, 6) is 3.66. The maximum absolute atomic E-state index is 12.9. The van der Waals surface area contributed by atoms with Gasteiger partial charge in [0.05, 0.1) is 0 Å². The molecule has 0 spiro atoms. The van der Waals surface area contributed by atoms with Crippen LogP contribution in [0.1, 0.15) is 66.1 Å². The van der Waals surface area contributed by atoms with Gasteiger partial charge < -0.3 is 9.32 Å². The lowest BCUT2D eigenvalue weighted by Gasteiger charge is -2.31. The van der Waals surface area contributed by atoms with Gasteiger partial charge in [0, 0.05) is 42.2 Å². The van der Waals surface area contributed by atoms with Crippen LogP contribution in [0.15, 0.2) is 29.1 Å². The number of carbonyl (C=O) groups is 1. The summed E-state index contributed by atoms with van der Waals surface area (Å²) in [4.78, 5) is 23.2. The van der Waals surface area contributed by atoms with Crippen LogP contribution < -0.4 is 0 Å². The Hall–Kier alpha value is -1.82. The molecule has 6 heteroatoms. The van der Waals surface area contributed by atoms with Crippen molar-refractivity contribution >= 4 is 17.7 Å². The van der Waals surface area contributed by atoms with Crippen LogP contribution in [-0.2, 0) is 5.75 Å². The maximum Gasteiger partial charge on any atom is 0.289 e. The third-order valence-electron chi connectivity index (χ3n) is 4.86. The molecule has 3 heterocycles. The molecule has 1 fully saturated rings. The third kappa shape index (κ3) is 4.67. The van der Waals surface area contributed by atoms with Gasteiger partial charge in [0.15, 0.2) is 5.76 Å². The van der Waals surface area contributed by atoms with Crippen molar-refractivity contribution in [3.8, 4) is 0 Å². The largest absolute Gasteiger partial charge is 0.456 e. The molecule has 26 heavy (non-hydrogen) atoms. The van der Waals surface area contributed by atoms with E-state index >= 15 is 0 Å². The number of aromatic nitrogens is 2. The zero-order chi connectivity index (χ0) is 18.4. The van der Waals surface area contributed by atoms with Crippen LogP contribution in [0.25, 0.3) is 0 Å². The van der Waals surface area contributed by atoms with E-state index in [-0.39, 0.29) is 11.8 Å². The molecule has 0 bridgehead atoms. The Morgan fingerprint density at radius 1 is 1.46 bits per heavy atom. The molecule has 0 saturated carbocycles. The summed E-state index contributed by atoms with van der Waals surface area (Å²) in [7, 11) is 0. The lowest BCUT2D eigenvalue weighted by atomic mass is 9.94. The topological polar surface area (TPSA) is 59.2 Å². The molecule has 140 valence electrons. The van der Waals surface area contributed by atoms with Gasteiger partial charge in [-0.25, -0.2) is 9.97 Å². The Balaban J connectivity index is 1.63. The number of carbonyl (C=O) groups excluding carboxylic acids is 1. The SMILES string of the molecule is CCCCSCc1cc(C(=O)N2CCC[C@@H](c3ccncn3)C2)oc1C. The summed E-state index contributed by atoms with van der Waals surface area (Å²) in [5, 5.41) is 0. The van der Waals surface area contributed by atoms with Crippen molar-refractivity contribution in [1.29, 1.82) is 0 Å². The normalized spacial score (nSPS) is 17.5. The fourth-order valence-corrected chi connectivity index (χ4v) is 4.44. The first kappa shape index (κ1) is 19.0. The van der Waals surface area contributed by atoms with Gasteiger partial charge in [-0.1, -0.05) is 13.3 Å². The van der Waals surface area contributed by atoms with Gasteiger partial charge in [-0.2, -0.15) is 11.8 Å². The number of piperidine rings is 1. The fourth-order valence-electron chi connectivity index (χ4n) is 3.30. The number of hydrogen-bond acceptors (Lipinski definition) is 5. The predicted octanol–water partition coefficient (Wildman–Crippen LogP) is 4.43. The molecule has 0 radical (unpaired) electrons. The Bertz CT molecular complexity index is 717. The number of amides is 1. The quantitative estimate of drug-likeness (QED) is 0.672. The summed E-state index contributed by atoms with van der Waals surface area (Å²) in [6.07, 6.45) is 7.82. The highest BCUT2D eigenvalue weighted by molar-refractivity contribution is 7.98. The lowest BCUT2D eigenvalue weighted by molar-refractivity contribution is 0.0672. The fraction of sp³-hybridized carbons (Fsp3) is 0.550. The monoisotopic (exact) mass is 373 g/mol. The molecule has 2 aromatic rings. The Morgan fingerprint density at radius 3 is 3.12 bits per heavy atom. The molecule has 1 atom stereocenters. The number of thioether (sulfide) groups is 1. The first-order valence-corrected chi connectivity index (χ1v) is 10.6. The van der Waals surface area contributed by atoms with Crippen LogP contribution in [0.5, 0.6) is 0 Å².